The molecule has 24 heavy (non-hydrogen) atoms. The van der Waals surface area contributed by atoms with E-state index in [0.717, 1.165) is 10.5 Å². The van der Waals surface area contributed by atoms with Gasteiger partial charge in [0.25, 0.3) is 11.8 Å². The fraction of sp³-hybridized carbons (Fsp3) is 0.0625. The number of thioether (sulfide) groups is 1. The van der Waals surface area contributed by atoms with Crippen molar-refractivity contribution in [3.8, 4) is 11.5 Å². The molecule has 3 rings (SSSR count). The van der Waals surface area contributed by atoms with Crippen LogP contribution in [-0.2, 0) is 0 Å². The van der Waals surface area contributed by atoms with Gasteiger partial charge < -0.3 is 4.42 Å². The molecule has 1 amide bonds. The molecule has 0 saturated carbocycles. The molecule has 0 spiro atoms. The second-order valence-corrected chi connectivity index (χ2v) is 6.38. The van der Waals surface area contributed by atoms with Gasteiger partial charge in [-0.1, -0.05) is 40.4 Å². The van der Waals surface area contributed by atoms with Crippen molar-refractivity contribution >= 4 is 46.9 Å². The van der Waals surface area contributed by atoms with Crippen molar-refractivity contribution in [1.29, 1.82) is 0 Å². The summed E-state index contributed by atoms with van der Waals surface area (Å²) in [6.45, 7) is 0. The summed E-state index contributed by atoms with van der Waals surface area (Å²) in [6.07, 6.45) is 1.96. The zero-order valence-corrected chi connectivity index (χ0v) is 14.7. The molecular formula is C16H11Cl2N3O2S. The number of hydrogen-bond donors (Lipinski definition) is 1. The summed E-state index contributed by atoms with van der Waals surface area (Å²) in [5, 5.41) is 11.1. The third kappa shape index (κ3) is 3.56. The Morgan fingerprint density at radius 2 is 1.96 bits per heavy atom. The molecule has 0 unspecified atom stereocenters. The van der Waals surface area contributed by atoms with Crippen molar-refractivity contribution in [3.63, 3.8) is 0 Å². The number of carbonyl (C=O) groups is 1. The van der Waals surface area contributed by atoms with E-state index in [1.165, 1.54) is 12.1 Å². The molecule has 0 aliphatic carbocycles. The Morgan fingerprint density at radius 1 is 1.17 bits per heavy atom. The molecule has 8 heteroatoms. The summed E-state index contributed by atoms with van der Waals surface area (Å²) >= 11 is 13.4. The molecule has 0 atom stereocenters. The Morgan fingerprint density at radius 3 is 2.71 bits per heavy atom. The monoisotopic (exact) mass is 379 g/mol. The molecule has 3 aromatic rings. The third-order valence-corrected chi connectivity index (χ3v) is 4.50. The first-order valence-corrected chi connectivity index (χ1v) is 8.80. The first-order chi connectivity index (χ1) is 11.6. The molecular weight excluding hydrogens is 369 g/mol. The maximum atomic E-state index is 12.2. The topological polar surface area (TPSA) is 68.0 Å². The average Bonchev–Trinajstić information content (AvgIpc) is 3.03. The summed E-state index contributed by atoms with van der Waals surface area (Å²) in [5.74, 6) is -0.123. The van der Waals surface area contributed by atoms with Crippen LogP contribution in [0.25, 0.3) is 11.5 Å². The van der Waals surface area contributed by atoms with Crippen LogP contribution in [-0.4, -0.2) is 22.4 Å². The summed E-state index contributed by atoms with van der Waals surface area (Å²) in [6, 6.07) is 12.2. The fourth-order valence-corrected chi connectivity index (χ4v) is 3.13. The van der Waals surface area contributed by atoms with Gasteiger partial charge in [0.2, 0.25) is 0 Å². The van der Waals surface area contributed by atoms with Crippen molar-refractivity contribution in [2.75, 3.05) is 11.6 Å². The van der Waals surface area contributed by atoms with Crippen LogP contribution in [0.3, 0.4) is 0 Å². The van der Waals surface area contributed by atoms with Gasteiger partial charge in [-0.2, -0.15) is 0 Å². The van der Waals surface area contributed by atoms with Crippen molar-refractivity contribution < 1.29 is 9.21 Å². The lowest BCUT2D eigenvalue weighted by Gasteiger charge is -2.04. The number of carbonyl (C=O) groups excluding carboxylic acids is 1. The number of benzene rings is 2. The number of anilines is 1. The summed E-state index contributed by atoms with van der Waals surface area (Å²) in [4.78, 5) is 13.2. The van der Waals surface area contributed by atoms with E-state index in [1.807, 2.05) is 30.5 Å². The zero-order valence-electron chi connectivity index (χ0n) is 12.4. The Bertz CT molecular complexity index is 899. The average molecular weight is 380 g/mol. The molecule has 0 fully saturated rings. The van der Waals surface area contributed by atoms with Gasteiger partial charge in [0.05, 0.1) is 16.1 Å². The van der Waals surface area contributed by atoms with E-state index in [9.17, 15) is 4.79 Å². The number of aromatic nitrogens is 2. The van der Waals surface area contributed by atoms with E-state index < -0.39 is 5.91 Å². The number of nitrogens with zero attached hydrogens (tertiary/aromatic N) is 2. The van der Waals surface area contributed by atoms with Gasteiger partial charge in [0.15, 0.2) is 0 Å². The zero-order chi connectivity index (χ0) is 17.1. The van der Waals surface area contributed by atoms with E-state index in [2.05, 4.69) is 15.5 Å². The maximum absolute atomic E-state index is 12.2. The first-order valence-electron chi connectivity index (χ1n) is 6.82. The van der Waals surface area contributed by atoms with E-state index in [-0.39, 0.29) is 16.6 Å². The number of halogens is 2. The minimum atomic E-state index is -0.454. The Balaban J connectivity index is 1.82. The van der Waals surface area contributed by atoms with Crippen LogP contribution in [0.1, 0.15) is 10.4 Å². The van der Waals surface area contributed by atoms with Gasteiger partial charge in [-0.05, 0) is 36.6 Å². The lowest BCUT2D eigenvalue weighted by Crippen LogP contribution is -2.12. The van der Waals surface area contributed by atoms with Gasteiger partial charge in [0.1, 0.15) is 0 Å². The van der Waals surface area contributed by atoms with Crippen LogP contribution >= 0.6 is 35.0 Å². The van der Waals surface area contributed by atoms with Gasteiger partial charge in [-0.25, -0.2) is 0 Å². The molecule has 1 heterocycles. The summed E-state index contributed by atoms with van der Waals surface area (Å²) in [7, 11) is 0. The van der Waals surface area contributed by atoms with Gasteiger partial charge >= 0.3 is 6.01 Å². The SMILES string of the molecule is CSc1ccccc1-c1nnc(NC(=O)c2ccc(Cl)cc2Cl)o1. The van der Waals surface area contributed by atoms with Crippen molar-refractivity contribution in [1.82, 2.24) is 10.2 Å². The van der Waals surface area contributed by atoms with Crippen LogP contribution < -0.4 is 5.32 Å². The maximum Gasteiger partial charge on any atom is 0.322 e. The highest BCUT2D eigenvalue weighted by atomic mass is 35.5. The molecule has 0 bridgehead atoms. The van der Waals surface area contributed by atoms with Crippen LogP contribution in [0.5, 0.6) is 0 Å². The number of rotatable bonds is 4. The van der Waals surface area contributed by atoms with Crippen molar-refractivity contribution in [2.24, 2.45) is 0 Å². The predicted octanol–water partition coefficient (Wildman–Crippen LogP) is 5.02. The highest BCUT2D eigenvalue weighted by Gasteiger charge is 2.16. The number of hydrogen-bond acceptors (Lipinski definition) is 5. The van der Waals surface area contributed by atoms with Crippen molar-refractivity contribution in [3.05, 3.63) is 58.1 Å². The normalized spacial score (nSPS) is 10.6. The van der Waals surface area contributed by atoms with E-state index >= 15 is 0 Å². The molecule has 0 aliphatic rings. The van der Waals surface area contributed by atoms with Crippen LogP contribution in [0.4, 0.5) is 6.01 Å². The molecule has 1 aromatic heterocycles. The Hall–Kier alpha value is -2.02. The standard InChI is InChI=1S/C16H11Cl2N3O2S/c1-24-13-5-3-2-4-11(13)15-20-21-16(23-15)19-14(22)10-7-6-9(17)8-12(10)18/h2-8H,1H3,(H,19,21,22). The Kier molecular flexibility index (Phi) is 5.08. The minimum absolute atomic E-state index is 0.00285. The van der Waals surface area contributed by atoms with E-state index in [1.54, 1.807) is 17.8 Å². The van der Waals surface area contributed by atoms with Crippen LogP contribution in [0.15, 0.2) is 51.8 Å². The first kappa shape index (κ1) is 16.8. The second-order valence-electron chi connectivity index (χ2n) is 4.69. The third-order valence-electron chi connectivity index (χ3n) is 3.16. The molecule has 1 N–H and O–H groups in total. The van der Waals surface area contributed by atoms with Gasteiger partial charge in [0, 0.05) is 9.92 Å². The summed E-state index contributed by atoms with van der Waals surface area (Å²) < 4.78 is 5.53. The van der Waals surface area contributed by atoms with Gasteiger partial charge in [-0.3, -0.25) is 10.1 Å². The molecule has 5 nitrogen and oxygen atoms in total. The lowest BCUT2D eigenvalue weighted by molar-refractivity contribution is 0.102. The highest BCUT2D eigenvalue weighted by molar-refractivity contribution is 7.98. The molecule has 0 saturated heterocycles. The second kappa shape index (κ2) is 7.25. The Labute approximate surface area is 152 Å². The molecule has 0 aliphatic heterocycles. The minimum Gasteiger partial charge on any atom is -0.403 e. The van der Waals surface area contributed by atoms with Crippen LogP contribution in [0, 0.1) is 0 Å². The summed E-state index contributed by atoms with van der Waals surface area (Å²) in [5.41, 5.74) is 1.08. The van der Waals surface area contributed by atoms with E-state index in [4.69, 9.17) is 27.6 Å². The lowest BCUT2D eigenvalue weighted by atomic mass is 10.2. The molecule has 2 aromatic carbocycles. The predicted molar refractivity (Wildman–Crippen MR) is 95.9 cm³/mol. The van der Waals surface area contributed by atoms with E-state index in [0.29, 0.717) is 10.9 Å². The molecule has 0 radical (unpaired) electrons. The van der Waals surface area contributed by atoms with Crippen molar-refractivity contribution in [2.45, 2.75) is 4.90 Å². The smallest absolute Gasteiger partial charge is 0.322 e. The highest BCUT2D eigenvalue weighted by Crippen LogP contribution is 2.30. The number of amides is 1. The molecule has 122 valence electrons. The number of nitrogens with one attached hydrogen (secondary N) is 1. The van der Waals surface area contributed by atoms with Crippen LogP contribution in [0.2, 0.25) is 10.0 Å². The largest absolute Gasteiger partial charge is 0.403 e. The quantitative estimate of drug-likeness (QED) is 0.644. The fourth-order valence-electron chi connectivity index (χ4n) is 2.04. The van der Waals surface area contributed by atoms with Gasteiger partial charge in [-0.15, -0.1) is 16.9 Å².